The second-order valence-electron chi connectivity index (χ2n) is 9.69. The number of carbonyl (C=O) groups excluding carboxylic acids is 3. The molecule has 12 heteroatoms. The molecule has 2 N–H and O–H groups in total. The van der Waals surface area contributed by atoms with Crippen molar-refractivity contribution in [3.8, 4) is 5.75 Å². The lowest BCUT2D eigenvalue weighted by Crippen LogP contribution is -2.49. The minimum atomic E-state index is -0.834. The Kier molecular flexibility index (Phi) is 8.32. The van der Waals surface area contributed by atoms with Crippen LogP contribution in [0.25, 0.3) is 0 Å². The summed E-state index contributed by atoms with van der Waals surface area (Å²) in [7, 11) is 6.24. The van der Waals surface area contributed by atoms with Crippen molar-refractivity contribution in [3.05, 3.63) is 57.0 Å². The van der Waals surface area contributed by atoms with E-state index in [2.05, 4.69) is 10.3 Å². The smallest absolute Gasteiger partial charge is 0.312 e. The van der Waals surface area contributed by atoms with Crippen LogP contribution in [0.5, 0.6) is 5.75 Å². The summed E-state index contributed by atoms with van der Waals surface area (Å²) in [5, 5.41) is 13.2. The number of carbonyl (C=O) groups is 3. The van der Waals surface area contributed by atoms with Crippen molar-refractivity contribution >= 4 is 17.7 Å². The number of amides is 3. The Morgan fingerprint density at radius 3 is 2.49 bits per heavy atom. The number of aryl methyl sites for hydroxylation is 1. The SMILES string of the molecule is Cc1cc(CNC(=O)c2nc3n(c(=O)c2O)CCN(C)CC(C)C3N(C)C(=O)C(=O)N(C)C)ccc1F. The number of hydrogen-bond donors (Lipinski definition) is 2. The first-order valence-corrected chi connectivity index (χ1v) is 11.9. The normalized spacial score (nSPS) is 17.8. The molecule has 0 saturated carbocycles. The fourth-order valence-corrected chi connectivity index (χ4v) is 4.48. The number of aromatic nitrogens is 2. The molecular formula is C25H33FN6O5. The first kappa shape index (κ1) is 27.8. The molecule has 2 aromatic rings. The van der Waals surface area contributed by atoms with Crippen molar-refractivity contribution < 1.29 is 23.9 Å². The van der Waals surface area contributed by atoms with Crippen LogP contribution in [-0.4, -0.2) is 88.4 Å². The zero-order valence-electron chi connectivity index (χ0n) is 21.9. The van der Waals surface area contributed by atoms with E-state index in [0.717, 1.165) is 4.90 Å². The molecule has 1 aliphatic heterocycles. The highest BCUT2D eigenvalue weighted by Gasteiger charge is 2.37. The lowest BCUT2D eigenvalue weighted by atomic mass is 9.97. The lowest BCUT2D eigenvalue weighted by molar-refractivity contribution is -0.151. The molecule has 0 spiro atoms. The van der Waals surface area contributed by atoms with Crippen LogP contribution >= 0.6 is 0 Å². The number of rotatable bonds is 4. The molecular weight excluding hydrogens is 483 g/mol. The molecule has 3 amide bonds. The third-order valence-electron chi connectivity index (χ3n) is 6.50. The molecule has 2 heterocycles. The summed E-state index contributed by atoms with van der Waals surface area (Å²) in [6, 6.07) is 3.55. The Morgan fingerprint density at radius 1 is 1.19 bits per heavy atom. The van der Waals surface area contributed by atoms with Crippen LogP contribution < -0.4 is 10.9 Å². The Morgan fingerprint density at radius 2 is 1.86 bits per heavy atom. The molecule has 0 fully saturated rings. The molecule has 37 heavy (non-hydrogen) atoms. The van der Waals surface area contributed by atoms with Crippen molar-refractivity contribution in [2.24, 2.45) is 5.92 Å². The van der Waals surface area contributed by atoms with Gasteiger partial charge in [0.1, 0.15) is 11.6 Å². The second-order valence-corrected chi connectivity index (χ2v) is 9.69. The third kappa shape index (κ3) is 5.79. The molecule has 0 radical (unpaired) electrons. The zero-order valence-corrected chi connectivity index (χ0v) is 21.9. The number of likely N-dealkylation sites (N-methyl/N-ethyl adjacent to an activating group) is 3. The number of halogens is 1. The van der Waals surface area contributed by atoms with Crippen LogP contribution in [0, 0.1) is 18.7 Å². The van der Waals surface area contributed by atoms with Gasteiger partial charge in [-0.3, -0.25) is 23.7 Å². The van der Waals surface area contributed by atoms with E-state index >= 15 is 0 Å². The van der Waals surface area contributed by atoms with Gasteiger partial charge in [0, 0.05) is 47.3 Å². The van der Waals surface area contributed by atoms with Gasteiger partial charge in [-0.05, 0) is 37.1 Å². The Bertz CT molecular complexity index is 1280. The number of nitrogens with zero attached hydrogens (tertiary/aromatic N) is 5. The Balaban J connectivity index is 2.05. The largest absolute Gasteiger partial charge is 0.501 e. The van der Waals surface area contributed by atoms with Crippen LogP contribution in [0.15, 0.2) is 23.0 Å². The van der Waals surface area contributed by atoms with Crippen LogP contribution in [0.3, 0.4) is 0 Å². The highest BCUT2D eigenvalue weighted by molar-refractivity contribution is 6.34. The third-order valence-corrected chi connectivity index (χ3v) is 6.50. The van der Waals surface area contributed by atoms with E-state index in [0.29, 0.717) is 24.2 Å². The summed E-state index contributed by atoms with van der Waals surface area (Å²) in [4.78, 5) is 60.4. The predicted molar refractivity (Wildman–Crippen MR) is 133 cm³/mol. The topological polar surface area (TPSA) is 128 Å². The lowest BCUT2D eigenvalue weighted by Gasteiger charge is -2.37. The fourth-order valence-electron chi connectivity index (χ4n) is 4.48. The highest BCUT2D eigenvalue weighted by Crippen LogP contribution is 2.30. The maximum Gasteiger partial charge on any atom is 0.312 e. The number of fused-ring (bicyclic) bond motifs is 1. The van der Waals surface area contributed by atoms with E-state index in [9.17, 15) is 28.7 Å². The van der Waals surface area contributed by atoms with Gasteiger partial charge in [0.15, 0.2) is 5.69 Å². The minimum absolute atomic E-state index is 0.0137. The maximum absolute atomic E-state index is 13.6. The van der Waals surface area contributed by atoms with E-state index in [4.69, 9.17) is 0 Å². The van der Waals surface area contributed by atoms with Gasteiger partial charge in [-0.25, -0.2) is 9.37 Å². The molecule has 200 valence electrons. The van der Waals surface area contributed by atoms with Gasteiger partial charge in [-0.2, -0.15) is 0 Å². The van der Waals surface area contributed by atoms with Crippen molar-refractivity contribution in [2.75, 3.05) is 41.3 Å². The quantitative estimate of drug-likeness (QED) is 0.567. The molecule has 2 unspecified atom stereocenters. The number of aromatic hydroxyl groups is 1. The molecule has 0 aliphatic carbocycles. The Labute approximate surface area is 214 Å². The van der Waals surface area contributed by atoms with E-state index in [-0.39, 0.29) is 30.6 Å². The van der Waals surface area contributed by atoms with E-state index < -0.39 is 40.8 Å². The summed E-state index contributed by atoms with van der Waals surface area (Å²) in [5.41, 5.74) is -0.272. The molecule has 3 rings (SSSR count). The first-order chi connectivity index (χ1) is 17.3. The summed E-state index contributed by atoms with van der Waals surface area (Å²) in [6.07, 6.45) is 0. The predicted octanol–water partition coefficient (Wildman–Crippen LogP) is 0.496. The summed E-state index contributed by atoms with van der Waals surface area (Å²) in [5.74, 6) is -3.71. The number of benzene rings is 1. The minimum Gasteiger partial charge on any atom is -0.501 e. The molecule has 2 atom stereocenters. The molecule has 11 nitrogen and oxygen atoms in total. The fraction of sp³-hybridized carbons (Fsp3) is 0.480. The number of nitrogens with one attached hydrogen (secondary N) is 1. The van der Waals surface area contributed by atoms with Crippen molar-refractivity contribution in [3.63, 3.8) is 0 Å². The van der Waals surface area contributed by atoms with Gasteiger partial charge in [-0.15, -0.1) is 0 Å². The number of hydrogen-bond acceptors (Lipinski definition) is 7. The van der Waals surface area contributed by atoms with Crippen LogP contribution in [0.1, 0.15) is 40.4 Å². The summed E-state index contributed by atoms with van der Waals surface area (Å²) in [6.45, 7) is 4.63. The van der Waals surface area contributed by atoms with Gasteiger partial charge < -0.3 is 25.1 Å². The molecule has 0 bridgehead atoms. The second kappa shape index (κ2) is 11.1. The molecule has 1 aromatic carbocycles. The van der Waals surface area contributed by atoms with Crippen LogP contribution in [0.4, 0.5) is 4.39 Å². The van der Waals surface area contributed by atoms with Gasteiger partial charge in [0.2, 0.25) is 5.75 Å². The molecule has 1 aliphatic rings. The van der Waals surface area contributed by atoms with Crippen molar-refractivity contribution in [1.29, 1.82) is 0 Å². The van der Waals surface area contributed by atoms with Gasteiger partial charge in [0.25, 0.3) is 11.5 Å². The first-order valence-electron chi connectivity index (χ1n) is 11.9. The highest BCUT2D eigenvalue weighted by atomic mass is 19.1. The zero-order chi connectivity index (χ0) is 27.6. The average molecular weight is 517 g/mol. The standard InChI is InChI=1S/C25H33FN6O5/c1-14-11-16(7-8-17(14)26)12-27-22(34)18-20(33)23(35)32-10-9-30(5)13-15(2)19(21(32)28-18)31(6)25(37)24(36)29(3)4/h7-8,11,15,19,33H,9-10,12-13H2,1-6H3,(H,27,34). The maximum atomic E-state index is 13.6. The Hall–Kier alpha value is -3.80. The van der Waals surface area contributed by atoms with Crippen LogP contribution in [0.2, 0.25) is 0 Å². The van der Waals surface area contributed by atoms with Gasteiger partial charge in [-0.1, -0.05) is 19.1 Å². The van der Waals surface area contributed by atoms with E-state index in [1.165, 1.54) is 42.7 Å². The van der Waals surface area contributed by atoms with Gasteiger partial charge in [0.05, 0.1) is 6.04 Å². The summed E-state index contributed by atoms with van der Waals surface area (Å²) >= 11 is 0. The van der Waals surface area contributed by atoms with Crippen molar-refractivity contribution in [2.45, 2.75) is 33.0 Å². The molecule has 0 saturated heterocycles. The van der Waals surface area contributed by atoms with E-state index in [1.54, 1.807) is 13.0 Å². The average Bonchev–Trinajstić information content (AvgIpc) is 2.84. The van der Waals surface area contributed by atoms with Crippen molar-refractivity contribution in [1.82, 2.24) is 29.6 Å². The van der Waals surface area contributed by atoms with E-state index in [1.807, 2.05) is 18.9 Å². The summed E-state index contributed by atoms with van der Waals surface area (Å²) < 4.78 is 14.8. The monoisotopic (exact) mass is 516 g/mol. The molecule has 1 aromatic heterocycles. The van der Waals surface area contributed by atoms with Gasteiger partial charge >= 0.3 is 11.8 Å². The van der Waals surface area contributed by atoms with Crippen LogP contribution in [-0.2, 0) is 22.7 Å².